The van der Waals surface area contributed by atoms with Crippen LogP contribution in [0.4, 0.5) is 0 Å². The van der Waals surface area contributed by atoms with Crippen LogP contribution in [0.25, 0.3) is 0 Å². The molecule has 1 atom stereocenters. The highest BCUT2D eigenvalue weighted by molar-refractivity contribution is 5.54. The second kappa shape index (κ2) is 2.42. The Hall–Kier alpha value is -1.25. The molecule has 0 spiro atoms. The number of carbonyl (C=O) groups excluding carboxylic acids is 1. The van der Waals surface area contributed by atoms with E-state index < -0.39 is 0 Å². The number of aldehydes is 1. The van der Waals surface area contributed by atoms with E-state index >= 15 is 0 Å². The summed E-state index contributed by atoms with van der Waals surface area (Å²) in [5.74, 6) is 0.708. The van der Waals surface area contributed by atoms with Gasteiger partial charge in [0.2, 0.25) is 0 Å². The monoisotopic (exact) mass is 152 g/mol. The van der Waals surface area contributed by atoms with E-state index in [1.54, 1.807) is 0 Å². The Bertz CT molecular complexity index is 222. The third kappa shape index (κ3) is 1.27. The summed E-state index contributed by atoms with van der Waals surface area (Å²) < 4.78 is 0. The van der Waals surface area contributed by atoms with Gasteiger partial charge in [0.05, 0.1) is 11.4 Å². The highest BCUT2D eigenvalue weighted by Crippen LogP contribution is 2.22. The molecule has 0 radical (unpaired) electrons. The molecule has 1 unspecified atom stereocenters. The van der Waals surface area contributed by atoms with E-state index in [1.165, 1.54) is 0 Å². The van der Waals surface area contributed by atoms with Crippen molar-refractivity contribution in [3.8, 4) is 0 Å². The van der Waals surface area contributed by atoms with Gasteiger partial charge in [0.15, 0.2) is 0 Å². The van der Waals surface area contributed by atoms with Gasteiger partial charge in [-0.3, -0.25) is 0 Å². The van der Waals surface area contributed by atoms with Crippen molar-refractivity contribution in [2.24, 2.45) is 0 Å². The summed E-state index contributed by atoms with van der Waals surface area (Å²) in [7, 11) is 0. The summed E-state index contributed by atoms with van der Waals surface area (Å²) in [6.45, 7) is 9.38. The van der Waals surface area contributed by atoms with E-state index in [2.05, 4.69) is 23.8 Å². The van der Waals surface area contributed by atoms with E-state index in [4.69, 9.17) is 0 Å². The second-order valence-electron chi connectivity index (χ2n) is 2.91. The largest absolute Gasteiger partial charge is 0.361 e. The first-order valence-electron chi connectivity index (χ1n) is 3.45. The smallest absolute Gasteiger partial charge is 0.122 e. The zero-order valence-corrected chi connectivity index (χ0v) is 6.61. The molecule has 0 aromatic heterocycles. The van der Waals surface area contributed by atoms with Gasteiger partial charge in [-0.1, -0.05) is 13.2 Å². The van der Waals surface area contributed by atoms with Crippen LogP contribution < -0.4 is 10.6 Å². The van der Waals surface area contributed by atoms with E-state index in [1.807, 2.05) is 6.92 Å². The van der Waals surface area contributed by atoms with Crippen LogP contribution in [-0.4, -0.2) is 11.8 Å². The zero-order valence-electron chi connectivity index (χ0n) is 6.61. The number of rotatable bonds is 2. The van der Waals surface area contributed by atoms with Crippen molar-refractivity contribution >= 4 is 6.29 Å². The van der Waals surface area contributed by atoms with Gasteiger partial charge in [-0.15, -0.1) is 0 Å². The maximum Gasteiger partial charge on any atom is 0.122 e. The Kier molecular flexibility index (Phi) is 1.72. The lowest BCUT2D eigenvalue weighted by Gasteiger charge is -2.21. The molecular weight excluding hydrogens is 140 g/mol. The Morgan fingerprint density at radius 1 is 1.64 bits per heavy atom. The lowest BCUT2D eigenvalue weighted by molar-refractivity contribution is -0.108. The number of carbonyl (C=O) groups is 1. The Morgan fingerprint density at radius 3 is 2.64 bits per heavy atom. The molecule has 0 amide bonds. The summed E-state index contributed by atoms with van der Waals surface area (Å²) in [6, 6.07) is 0. The fourth-order valence-electron chi connectivity index (χ4n) is 1.10. The molecule has 3 heteroatoms. The molecule has 0 aliphatic carbocycles. The van der Waals surface area contributed by atoms with Gasteiger partial charge in [0.25, 0.3) is 0 Å². The SMILES string of the molecule is C=C1NC(=C)C(C)(CC=O)N1. The first kappa shape index (κ1) is 7.85. The number of nitrogens with one attached hydrogen (secondary N) is 2. The lowest BCUT2D eigenvalue weighted by Crippen LogP contribution is -2.36. The molecule has 1 rings (SSSR count). The van der Waals surface area contributed by atoms with E-state index in [0.29, 0.717) is 12.2 Å². The molecule has 11 heavy (non-hydrogen) atoms. The molecule has 1 heterocycles. The Balaban J connectivity index is 2.78. The summed E-state index contributed by atoms with van der Waals surface area (Å²) in [4.78, 5) is 10.3. The van der Waals surface area contributed by atoms with Gasteiger partial charge in [-0.05, 0) is 6.92 Å². The first-order chi connectivity index (χ1) is 5.08. The Labute approximate surface area is 66.2 Å². The zero-order chi connectivity index (χ0) is 8.48. The first-order valence-corrected chi connectivity index (χ1v) is 3.45. The minimum absolute atomic E-state index is 0.348. The van der Waals surface area contributed by atoms with Gasteiger partial charge in [-0.2, -0.15) is 0 Å². The van der Waals surface area contributed by atoms with Crippen LogP contribution in [0.1, 0.15) is 13.3 Å². The maximum atomic E-state index is 10.3. The van der Waals surface area contributed by atoms with Gasteiger partial charge in [-0.25, -0.2) is 0 Å². The molecule has 0 aromatic rings. The van der Waals surface area contributed by atoms with E-state index in [0.717, 1.165) is 12.0 Å². The molecule has 1 aliphatic heterocycles. The maximum absolute atomic E-state index is 10.3. The summed E-state index contributed by atoms with van der Waals surface area (Å²) in [6.07, 6.45) is 1.29. The molecule has 3 nitrogen and oxygen atoms in total. The van der Waals surface area contributed by atoms with Gasteiger partial charge in [0, 0.05) is 12.1 Å². The van der Waals surface area contributed by atoms with Crippen molar-refractivity contribution in [1.82, 2.24) is 10.6 Å². The van der Waals surface area contributed by atoms with Crippen molar-refractivity contribution < 1.29 is 4.79 Å². The minimum atomic E-state index is -0.348. The predicted octanol–water partition coefficient (Wildman–Crippen LogP) is 0.512. The van der Waals surface area contributed by atoms with Crippen molar-refractivity contribution in [1.29, 1.82) is 0 Å². The van der Waals surface area contributed by atoms with Gasteiger partial charge < -0.3 is 15.4 Å². The van der Waals surface area contributed by atoms with Crippen LogP contribution in [0.15, 0.2) is 24.7 Å². The molecule has 0 bridgehead atoms. The molecule has 1 aliphatic rings. The molecule has 1 fully saturated rings. The third-order valence-corrected chi connectivity index (χ3v) is 1.89. The van der Waals surface area contributed by atoms with Gasteiger partial charge in [0.1, 0.15) is 6.29 Å². The molecule has 0 aromatic carbocycles. The van der Waals surface area contributed by atoms with Crippen molar-refractivity contribution in [3.05, 3.63) is 24.7 Å². The molecule has 0 saturated carbocycles. The number of hydrogen-bond acceptors (Lipinski definition) is 3. The normalized spacial score (nSPS) is 29.5. The minimum Gasteiger partial charge on any atom is -0.361 e. The van der Waals surface area contributed by atoms with E-state index in [9.17, 15) is 4.79 Å². The summed E-state index contributed by atoms with van der Waals surface area (Å²) >= 11 is 0. The topological polar surface area (TPSA) is 41.1 Å². The molecular formula is C8H12N2O. The fraction of sp³-hybridized carbons (Fsp3) is 0.375. The van der Waals surface area contributed by atoms with Crippen molar-refractivity contribution in [2.45, 2.75) is 18.9 Å². The fourth-order valence-corrected chi connectivity index (χ4v) is 1.10. The van der Waals surface area contributed by atoms with Crippen molar-refractivity contribution in [3.63, 3.8) is 0 Å². The average molecular weight is 152 g/mol. The summed E-state index contributed by atoms with van der Waals surface area (Å²) in [5, 5.41) is 5.98. The third-order valence-electron chi connectivity index (χ3n) is 1.89. The predicted molar refractivity (Wildman–Crippen MR) is 43.6 cm³/mol. The Morgan fingerprint density at radius 2 is 2.27 bits per heavy atom. The highest BCUT2D eigenvalue weighted by Gasteiger charge is 2.33. The van der Waals surface area contributed by atoms with Crippen LogP contribution in [0, 0.1) is 0 Å². The van der Waals surface area contributed by atoms with Crippen LogP contribution >= 0.6 is 0 Å². The molecule has 1 saturated heterocycles. The standard InChI is InChI=1S/C8H12N2O/c1-6-8(3,4-5-11)10-7(2)9-6/h5,9-10H,1-2,4H2,3H3. The summed E-state index contributed by atoms with van der Waals surface area (Å²) in [5.41, 5.74) is 0.452. The highest BCUT2D eigenvalue weighted by atomic mass is 16.1. The second-order valence-corrected chi connectivity index (χ2v) is 2.91. The van der Waals surface area contributed by atoms with Gasteiger partial charge >= 0.3 is 0 Å². The quantitative estimate of drug-likeness (QED) is 0.566. The van der Waals surface area contributed by atoms with Crippen molar-refractivity contribution in [2.75, 3.05) is 0 Å². The van der Waals surface area contributed by atoms with Crippen LogP contribution in [-0.2, 0) is 4.79 Å². The lowest BCUT2D eigenvalue weighted by atomic mass is 9.97. The number of hydrogen-bond donors (Lipinski definition) is 2. The molecule has 2 N–H and O–H groups in total. The van der Waals surface area contributed by atoms with Crippen LogP contribution in [0.3, 0.4) is 0 Å². The van der Waals surface area contributed by atoms with Crippen LogP contribution in [0.5, 0.6) is 0 Å². The average Bonchev–Trinajstić information content (AvgIpc) is 2.08. The van der Waals surface area contributed by atoms with E-state index in [-0.39, 0.29) is 5.54 Å². The van der Waals surface area contributed by atoms with Crippen LogP contribution in [0.2, 0.25) is 0 Å². The molecule has 60 valence electrons.